The van der Waals surface area contributed by atoms with Crippen molar-refractivity contribution in [3.05, 3.63) is 34.6 Å². The highest BCUT2D eigenvalue weighted by Gasteiger charge is 2.09. The minimum absolute atomic E-state index is 0.221. The topological polar surface area (TPSA) is 12.0 Å². The number of unbranched alkanes of at least 4 members (excludes halogenated alkanes) is 6. The third-order valence-electron chi connectivity index (χ3n) is 4.03. The molecular formula is C18H29ClFN. The lowest BCUT2D eigenvalue weighted by atomic mass is 9.99. The molecule has 1 nitrogen and oxygen atoms in total. The van der Waals surface area contributed by atoms with Gasteiger partial charge in [0.15, 0.2) is 0 Å². The van der Waals surface area contributed by atoms with Crippen LogP contribution in [0.5, 0.6) is 0 Å². The lowest BCUT2D eigenvalue weighted by molar-refractivity contribution is 0.478. The van der Waals surface area contributed by atoms with Crippen LogP contribution in [0.2, 0.25) is 5.02 Å². The van der Waals surface area contributed by atoms with E-state index in [0.29, 0.717) is 6.04 Å². The predicted molar refractivity (Wildman–Crippen MR) is 90.6 cm³/mol. The van der Waals surface area contributed by atoms with Crippen molar-refractivity contribution in [1.29, 1.82) is 0 Å². The Balaban J connectivity index is 2.23. The first-order valence-corrected chi connectivity index (χ1v) is 8.66. The standard InChI is InChI=1S/C18H29ClFN/c1-3-4-5-6-7-8-9-10-16(21-2)13-15-11-12-18(20)17(19)14-15/h11-12,14,16,21H,3-10,13H2,1-2H3. The molecule has 0 spiro atoms. The number of nitrogens with one attached hydrogen (secondary N) is 1. The van der Waals surface area contributed by atoms with E-state index in [1.807, 2.05) is 13.1 Å². The molecule has 1 unspecified atom stereocenters. The minimum atomic E-state index is -0.339. The smallest absolute Gasteiger partial charge is 0.141 e. The average molecular weight is 314 g/mol. The normalized spacial score (nSPS) is 12.6. The van der Waals surface area contributed by atoms with Crippen LogP contribution in [0.4, 0.5) is 4.39 Å². The average Bonchev–Trinajstić information content (AvgIpc) is 2.48. The Kier molecular flexibility index (Phi) is 9.69. The molecule has 0 aromatic heterocycles. The van der Waals surface area contributed by atoms with Gasteiger partial charge in [-0.05, 0) is 37.6 Å². The van der Waals surface area contributed by atoms with Gasteiger partial charge in [0.1, 0.15) is 5.82 Å². The van der Waals surface area contributed by atoms with Crippen molar-refractivity contribution in [2.75, 3.05) is 7.05 Å². The van der Waals surface area contributed by atoms with Crippen molar-refractivity contribution >= 4 is 11.6 Å². The Morgan fingerprint density at radius 1 is 1.10 bits per heavy atom. The minimum Gasteiger partial charge on any atom is -0.317 e. The van der Waals surface area contributed by atoms with Crippen molar-refractivity contribution in [2.45, 2.75) is 70.8 Å². The number of hydrogen-bond donors (Lipinski definition) is 1. The van der Waals surface area contributed by atoms with E-state index in [1.165, 1.54) is 57.4 Å². The van der Waals surface area contributed by atoms with Crippen LogP contribution in [0.1, 0.15) is 63.9 Å². The highest BCUT2D eigenvalue weighted by Crippen LogP contribution is 2.18. The summed E-state index contributed by atoms with van der Waals surface area (Å²) in [7, 11) is 2.00. The van der Waals surface area contributed by atoms with Crippen molar-refractivity contribution in [3.63, 3.8) is 0 Å². The summed E-state index contributed by atoms with van der Waals surface area (Å²) in [5.41, 5.74) is 1.10. The van der Waals surface area contributed by atoms with Crippen LogP contribution in [-0.4, -0.2) is 13.1 Å². The lowest BCUT2D eigenvalue weighted by Gasteiger charge is -2.16. The number of rotatable bonds is 11. The maximum atomic E-state index is 13.1. The predicted octanol–water partition coefficient (Wildman–Crippen LogP) is 5.75. The Morgan fingerprint density at radius 2 is 1.76 bits per heavy atom. The van der Waals surface area contributed by atoms with Gasteiger partial charge in [-0.1, -0.05) is 69.5 Å². The fourth-order valence-electron chi connectivity index (χ4n) is 2.65. The maximum Gasteiger partial charge on any atom is 0.141 e. The van der Waals surface area contributed by atoms with Crippen molar-refractivity contribution in [1.82, 2.24) is 5.32 Å². The van der Waals surface area contributed by atoms with Crippen LogP contribution in [0.25, 0.3) is 0 Å². The third-order valence-corrected chi connectivity index (χ3v) is 4.32. The SMILES string of the molecule is CCCCCCCCCC(Cc1ccc(F)c(Cl)c1)NC. The molecule has 1 aromatic carbocycles. The second kappa shape index (κ2) is 11.0. The summed E-state index contributed by atoms with van der Waals surface area (Å²) in [6.07, 6.45) is 11.4. The van der Waals surface area contributed by atoms with Gasteiger partial charge < -0.3 is 5.32 Å². The Bertz CT molecular complexity index is 395. The highest BCUT2D eigenvalue weighted by molar-refractivity contribution is 6.30. The molecule has 0 saturated carbocycles. The zero-order chi connectivity index (χ0) is 15.5. The number of hydrogen-bond acceptors (Lipinski definition) is 1. The largest absolute Gasteiger partial charge is 0.317 e. The molecule has 120 valence electrons. The fourth-order valence-corrected chi connectivity index (χ4v) is 2.85. The van der Waals surface area contributed by atoms with E-state index >= 15 is 0 Å². The molecule has 0 saturated heterocycles. The molecule has 1 atom stereocenters. The second-order valence-corrected chi connectivity index (χ2v) is 6.26. The Morgan fingerprint density at radius 3 is 2.38 bits per heavy atom. The molecule has 1 rings (SSSR count). The molecule has 0 amide bonds. The molecule has 0 aliphatic heterocycles. The molecule has 3 heteroatoms. The molecule has 1 N–H and O–H groups in total. The molecule has 21 heavy (non-hydrogen) atoms. The van der Waals surface area contributed by atoms with Crippen molar-refractivity contribution in [3.8, 4) is 0 Å². The van der Waals surface area contributed by atoms with Gasteiger partial charge in [0.25, 0.3) is 0 Å². The summed E-state index contributed by atoms with van der Waals surface area (Å²) in [4.78, 5) is 0. The van der Waals surface area contributed by atoms with Crippen molar-refractivity contribution < 1.29 is 4.39 Å². The van der Waals surface area contributed by atoms with Crippen LogP contribution < -0.4 is 5.32 Å². The quantitative estimate of drug-likeness (QED) is 0.513. The molecule has 0 aliphatic rings. The van der Waals surface area contributed by atoms with Crippen LogP contribution in [0, 0.1) is 5.82 Å². The molecule has 0 aliphatic carbocycles. The maximum absolute atomic E-state index is 13.1. The van der Waals surface area contributed by atoms with Gasteiger partial charge in [-0.15, -0.1) is 0 Å². The number of likely N-dealkylation sites (N-methyl/N-ethyl adjacent to an activating group) is 1. The summed E-state index contributed by atoms with van der Waals surface area (Å²) in [6, 6.07) is 5.47. The van der Waals surface area contributed by atoms with E-state index < -0.39 is 0 Å². The van der Waals surface area contributed by atoms with Crippen molar-refractivity contribution in [2.24, 2.45) is 0 Å². The van der Waals surface area contributed by atoms with E-state index in [2.05, 4.69) is 12.2 Å². The monoisotopic (exact) mass is 313 g/mol. The van der Waals surface area contributed by atoms with E-state index in [0.717, 1.165) is 12.0 Å². The zero-order valence-electron chi connectivity index (χ0n) is 13.4. The molecular weight excluding hydrogens is 285 g/mol. The van der Waals surface area contributed by atoms with Crippen LogP contribution in [-0.2, 0) is 6.42 Å². The summed E-state index contributed by atoms with van der Waals surface area (Å²) in [5, 5.41) is 3.58. The fraction of sp³-hybridized carbons (Fsp3) is 0.667. The summed E-state index contributed by atoms with van der Waals surface area (Å²) >= 11 is 5.83. The summed E-state index contributed by atoms with van der Waals surface area (Å²) in [5.74, 6) is -0.339. The van der Waals surface area contributed by atoms with Crippen LogP contribution in [0.3, 0.4) is 0 Å². The Hall–Kier alpha value is -0.600. The molecule has 0 fully saturated rings. The Labute approximate surface area is 134 Å². The van der Waals surface area contributed by atoms with Crippen LogP contribution in [0.15, 0.2) is 18.2 Å². The van der Waals surface area contributed by atoms with Crippen LogP contribution >= 0.6 is 11.6 Å². The van der Waals surface area contributed by atoms with E-state index in [1.54, 1.807) is 6.07 Å². The van der Waals surface area contributed by atoms with E-state index in [9.17, 15) is 4.39 Å². The molecule has 0 bridgehead atoms. The first-order chi connectivity index (χ1) is 10.2. The lowest BCUT2D eigenvalue weighted by Crippen LogP contribution is -2.27. The summed E-state index contributed by atoms with van der Waals surface area (Å²) in [6.45, 7) is 2.25. The van der Waals surface area contributed by atoms with Gasteiger partial charge in [0.2, 0.25) is 0 Å². The number of halogens is 2. The number of benzene rings is 1. The summed E-state index contributed by atoms with van der Waals surface area (Å²) < 4.78 is 13.1. The van der Waals surface area contributed by atoms with Gasteiger partial charge in [-0.25, -0.2) is 4.39 Å². The van der Waals surface area contributed by atoms with Gasteiger partial charge in [-0.3, -0.25) is 0 Å². The zero-order valence-corrected chi connectivity index (χ0v) is 14.2. The molecule has 0 heterocycles. The highest BCUT2D eigenvalue weighted by atomic mass is 35.5. The van der Waals surface area contributed by atoms with Gasteiger partial charge in [0, 0.05) is 6.04 Å². The third kappa shape index (κ3) is 7.82. The second-order valence-electron chi connectivity index (χ2n) is 5.85. The molecule has 1 aromatic rings. The van der Waals surface area contributed by atoms with Gasteiger partial charge in [-0.2, -0.15) is 0 Å². The first kappa shape index (κ1) is 18.4. The molecule has 0 radical (unpaired) electrons. The van der Waals surface area contributed by atoms with E-state index in [4.69, 9.17) is 11.6 Å². The van der Waals surface area contributed by atoms with E-state index in [-0.39, 0.29) is 10.8 Å². The van der Waals surface area contributed by atoms with Gasteiger partial charge in [0.05, 0.1) is 5.02 Å². The first-order valence-electron chi connectivity index (χ1n) is 8.28. The van der Waals surface area contributed by atoms with Gasteiger partial charge >= 0.3 is 0 Å².